The summed E-state index contributed by atoms with van der Waals surface area (Å²) in [6.45, 7) is 5.75. The van der Waals surface area contributed by atoms with Gasteiger partial charge in [0.25, 0.3) is 0 Å². The molecule has 3 heterocycles. The highest BCUT2D eigenvalue weighted by atomic mass is 32.1. The Morgan fingerprint density at radius 3 is 2.43 bits per heavy atom. The van der Waals surface area contributed by atoms with Crippen LogP contribution in [0.5, 0.6) is 0 Å². The Morgan fingerprint density at radius 1 is 0.933 bits per heavy atom. The molecule has 1 aliphatic carbocycles. The van der Waals surface area contributed by atoms with Gasteiger partial charge in [0, 0.05) is 51.0 Å². The zero-order chi connectivity index (χ0) is 20.3. The third kappa shape index (κ3) is 4.35. The van der Waals surface area contributed by atoms with Crippen molar-refractivity contribution in [3.05, 3.63) is 46.8 Å². The van der Waals surface area contributed by atoms with Gasteiger partial charge in [0.2, 0.25) is 0 Å². The average Bonchev–Trinajstić information content (AvgIpc) is 3.45. The minimum Gasteiger partial charge on any atom is -0.368 e. The molecule has 0 unspecified atom stereocenters. The third-order valence-electron chi connectivity index (χ3n) is 7.05. The summed E-state index contributed by atoms with van der Waals surface area (Å²) in [5, 5.41) is 5.91. The average molecular weight is 425 g/mol. The second-order valence-electron chi connectivity index (χ2n) is 8.81. The Morgan fingerprint density at radius 2 is 1.70 bits per heavy atom. The number of benzene rings is 1. The quantitative estimate of drug-likeness (QED) is 0.791. The van der Waals surface area contributed by atoms with Crippen molar-refractivity contribution in [2.24, 2.45) is 0 Å². The summed E-state index contributed by atoms with van der Waals surface area (Å²) in [6, 6.07) is 11.8. The molecule has 160 valence electrons. The molecule has 1 aromatic heterocycles. The summed E-state index contributed by atoms with van der Waals surface area (Å²) in [5.74, 6) is 0. The molecule has 1 N–H and O–H groups in total. The topological polar surface area (TPSA) is 38.8 Å². The van der Waals surface area contributed by atoms with E-state index >= 15 is 0 Å². The molecule has 2 aromatic rings. The van der Waals surface area contributed by atoms with Crippen molar-refractivity contribution >= 4 is 28.1 Å². The molecular weight excluding hydrogens is 392 g/mol. The predicted molar refractivity (Wildman–Crippen MR) is 125 cm³/mol. The number of carbonyl (C=O) groups excluding carboxylic acids is 1. The van der Waals surface area contributed by atoms with Gasteiger partial charge < -0.3 is 9.80 Å². The van der Waals surface area contributed by atoms with Crippen LogP contribution in [0, 0.1) is 0 Å². The van der Waals surface area contributed by atoms with Crippen LogP contribution in [0.4, 0.5) is 15.5 Å². The lowest BCUT2D eigenvalue weighted by Crippen LogP contribution is -2.50. The highest BCUT2D eigenvalue weighted by Gasteiger charge is 2.25. The molecule has 5 nitrogen and oxygen atoms in total. The molecule has 2 amide bonds. The lowest BCUT2D eigenvalue weighted by atomic mass is 10.0. The van der Waals surface area contributed by atoms with Crippen LogP contribution in [0.15, 0.2) is 35.7 Å². The highest BCUT2D eigenvalue weighted by Crippen LogP contribution is 2.28. The summed E-state index contributed by atoms with van der Waals surface area (Å²) in [5.41, 5.74) is 4.39. The minimum absolute atomic E-state index is 0.0195. The van der Waals surface area contributed by atoms with Gasteiger partial charge in [0.05, 0.1) is 5.00 Å². The normalized spacial score (nSPS) is 20.8. The van der Waals surface area contributed by atoms with Crippen LogP contribution < -0.4 is 10.2 Å². The standard InChI is InChI=1S/C24H32N4OS/c29-24(25-23-6-3-17-30-23)28-15-13-27(14-16-28)22-8-7-19-9-11-26(12-10-20(19)18-22)21-4-1-2-5-21/h3,6-8,17-18,21H,1-2,4-5,9-16H2,(H,25,29). The van der Waals surface area contributed by atoms with Gasteiger partial charge in [-0.2, -0.15) is 0 Å². The van der Waals surface area contributed by atoms with E-state index in [0.29, 0.717) is 0 Å². The van der Waals surface area contributed by atoms with E-state index in [9.17, 15) is 4.79 Å². The van der Waals surface area contributed by atoms with E-state index in [4.69, 9.17) is 0 Å². The molecule has 6 heteroatoms. The van der Waals surface area contributed by atoms with Gasteiger partial charge >= 0.3 is 6.03 Å². The van der Waals surface area contributed by atoms with Crippen molar-refractivity contribution in [1.82, 2.24) is 9.80 Å². The first-order chi connectivity index (χ1) is 14.8. The zero-order valence-electron chi connectivity index (χ0n) is 17.7. The number of urea groups is 1. The minimum atomic E-state index is 0.0195. The number of hydrogen-bond acceptors (Lipinski definition) is 4. The van der Waals surface area contributed by atoms with Crippen LogP contribution in [-0.2, 0) is 12.8 Å². The van der Waals surface area contributed by atoms with Gasteiger partial charge in [-0.25, -0.2) is 4.79 Å². The number of carbonyl (C=O) groups is 1. The molecule has 1 saturated heterocycles. The number of hydrogen-bond donors (Lipinski definition) is 1. The third-order valence-corrected chi connectivity index (χ3v) is 7.84. The Hall–Kier alpha value is -2.05. The van der Waals surface area contributed by atoms with Crippen LogP contribution in [0.25, 0.3) is 0 Å². The van der Waals surface area contributed by atoms with Gasteiger partial charge in [-0.05, 0) is 66.5 Å². The molecule has 2 fully saturated rings. The Labute approximate surface area is 183 Å². The molecule has 5 rings (SSSR count). The van der Waals surface area contributed by atoms with E-state index in [1.54, 1.807) is 11.3 Å². The number of thiophene rings is 1. The summed E-state index contributed by atoms with van der Waals surface area (Å²) >= 11 is 1.56. The second kappa shape index (κ2) is 8.98. The van der Waals surface area contributed by atoms with Crippen LogP contribution in [-0.4, -0.2) is 61.1 Å². The zero-order valence-corrected chi connectivity index (χ0v) is 18.5. The van der Waals surface area contributed by atoms with Gasteiger partial charge in [0.1, 0.15) is 0 Å². The van der Waals surface area contributed by atoms with E-state index in [-0.39, 0.29) is 6.03 Å². The number of piperazine rings is 1. The number of anilines is 2. The Balaban J connectivity index is 1.18. The van der Waals surface area contributed by atoms with E-state index in [0.717, 1.165) is 37.2 Å². The number of rotatable bonds is 3. The highest BCUT2D eigenvalue weighted by molar-refractivity contribution is 7.14. The maximum Gasteiger partial charge on any atom is 0.322 e. The van der Waals surface area contributed by atoms with Gasteiger partial charge in [-0.3, -0.25) is 10.2 Å². The van der Waals surface area contributed by atoms with E-state index in [2.05, 4.69) is 33.3 Å². The van der Waals surface area contributed by atoms with Crippen molar-refractivity contribution in [1.29, 1.82) is 0 Å². The van der Waals surface area contributed by atoms with Crippen LogP contribution in [0.2, 0.25) is 0 Å². The van der Waals surface area contributed by atoms with Crippen LogP contribution >= 0.6 is 11.3 Å². The predicted octanol–water partition coefficient (Wildman–Crippen LogP) is 4.45. The summed E-state index contributed by atoms with van der Waals surface area (Å²) in [4.78, 5) is 19.6. The van der Waals surface area contributed by atoms with Gasteiger partial charge in [-0.1, -0.05) is 18.9 Å². The van der Waals surface area contributed by atoms with Crippen molar-refractivity contribution in [2.45, 2.75) is 44.6 Å². The SMILES string of the molecule is O=C(Nc1cccs1)N1CCN(c2ccc3c(c2)CCN(C2CCCC2)CC3)CC1. The first kappa shape index (κ1) is 19.9. The Bertz CT molecular complexity index is 854. The molecule has 1 saturated carbocycles. The number of amides is 2. The summed E-state index contributed by atoms with van der Waals surface area (Å²) in [6.07, 6.45) is 7.97. The lowest BCUT2D eigenvalue weighted by molar-refractivity contribution is 0.208. The van der Waals surface area contributed by atoms with E-state index in [1.807, 2.05) is 22.4 Å². The van der Waals surface area contributed by atoms with E-state index < -0.39 is 0 Å². The van der Waals surface area contributed by atoms with Crippen molar-refractivity contribution in [2.75, 3.05) is 49.5 Å². The molecule has 3 aliphatic rings. The fraction of sp³-hybridized carbons (Fsp3) is 0.542. The van der Waals surface area contributed by atoms with Gasteiger partial charge in [0.15, 0.2) is 0 Å². The molecule has 30 heavy (non-hydrogen) atoms. The summed E-state index contributed by atoms with van der Waals surface area (Å²) < 4.78 is 0. The van der Waals surface area contributed by atoms with Crippen LogP contribution in [0.3, 0.4) is 0 Å². The molecule has 0 atom stereocenters. The second-order valence-corrected chi connectivity index (χ2v) is 9.76. The Kier molecular flexibility index (Phi) is 5.95. The van der Waals surface area contributed by atoms with Crippen LogP contribution in [0.1, 0.15) is 36.8 Å². The lowest BCUT2D eigenvalue weighted by Gasteiger charge is -2.36. The van der Waals surface area contributed by atoms with E-state index in [1.165, 1.54) is 68.4 Å². The first-order valence-electron chi connectivity index (χ1n) is 11.5. The maximum absolute atomic E-state index is 12.5. The molecule has 0 spiro atoms. The largest absolute Gasteiger partial charge is 0.368 e. The van der Waals surface area contributed by atoms with Crippen molar-refractivity contribution in [3.63, 3.8) is 0 Å². The fourth-order valence-electron chi connectivity index (χ4n) is 5.26. The number of nitrogens with zero attached hydrogens (tertiary/aromatic N) is 3. The number of nitrogens with one attached hydrogen (secondary N) is 1. The molecule has 0 bridgehead atoms. The molecule has 1 aromatic carbocycles. The smallest absolute Gasteiger partial charge is 0.322 e. The molecule has 0 radical (unpaired) electrons. The van der Waals surface area contributed by atoms with Gasteiger partial charge in [-0.15, -0.1) is 11.3 Å². The fourth-order valence-corrected chi connectivity index (χ4v) is 5.87. The molecule has 2 aliphatic heterocycles. The van der Waals surface area contributed by atoms with Crippen molar-refractivity contribution < 1.29 is 4.79 Å². The number of fused-ring (bicyclic) bond motifs is 1. The molecular formula is C24H32N4OS. The summed E-state index contributed by atoms with van der Waals surface area (Å²) in [7, 11) is 0. The monoisotopic (exact) mass is 424 g/mol. The first-order valence-corrected chi connectivity index (χ1v) is 12.3. The maximum atomic E-state index is 12.5. The van der Waals surface area contributed by atoms with Crippen molar-refractivity contribution in [3.8, 4) is 0 Å².